The molecule has 0 aliphatic heterocycles. The van der Waals surface area contributed by atoms with Crippen LogP contribution in [-0.4, -0.2) is 36.1 Å². The van der Waals surface area contributed by atoms with Crippen molar-refractivity contribution in [2.45, 2.75) is 27.3 Å². The molecule has 0 aliphatic carbocycles. The Balaban J connectivity index is 1.68. The average Bonchev–Trinajstić information content (AvgIpc) is 3.19. The van der Waals surface area contributed by atoms with Gasteiger partial charge in [-0.3, -0.25) is 14.8 Å². The fraction of sp³-hybridized carbons (Fsp3) is 0.182. The number of nitrogens with zero attached hydrogens (tertiary/aromatic N) is 6. The van der Waals surface area contributed by atoms with Gasteiger partial charge in [0.05, 0.1) is 29.8 Å². The van der Waals surface area contributed by atoms with Gasteiger partial charge in [-0.05, 0) is 60.5 Å². The van der Waals surface area contributed by atoms with Gasteiger partial charge in [0.1, 0.15) is 0 Å². The molecule has 0 unspecified atom stereocenters. The van der Waals surface area contributed by atoms with Gasteiger partial charge in [0, 0.05) is 11.8 Å². The lowest BCUT2D eigenvalue weighted by Crippen LogP contribution is -2.23. The molecule has 0 saturated carbocycles. The number of hydrogen-bond donors (Lipinski definition) is 1. The molecule has 4 aromatic rings. The van der Waals surface area contributed by atoms with Crippen molar-refractivity contribution in [3.05, 3.63) is 83.2 Å². The number of nitrogens with one attached hydrogen (secondary N) is 1. The Kier molecular flexibility index (Phi) is 5.30. The molecule has 8 heteroatoms. The van der Waals surface area contributed by atoms with Crippen LogP contribution in [-0.2, 0) is 6.54 Å². The van der Waals surface area contributed by atoms with Crippen LogP contribution in [0, 0.1) is 20.8 Å². The van der Waals surface area contributed by atoms with Crippen molar-refractivity contribution in [2.75, 3.05) is 0 Å². The van der Waals surface area contributed by atoms with Crippen LogP contribution in [0.3, 0.4) is 0 Å². The van der Waals surface area contributed by atoms with Crippen LogP contribution in [0.5, 0.6) is 0 Å². The highest BCUT2D eigenvalue weighted by Gasteiger charge is 2.13. The highest BCUT2D eigenvalue weighted by atomic mass is 16.1. The third-order valence-electron chi connectivity index (χ3n) is 4.70. The molecular formula is C22H21N7O. The summed E-state index contributed by atoms with van der Waals surface area (Å²) in [5.74, 6) is 0.427. The standard InChI is InChI=1S/C22H21N7O/c1-14-4-6-17(7-5-14)18-8-19(10-21(9-18)29-16(3)26-27-28-29)22(30)25-13-20-12-23-15(2)11-24-20/h4-12H,13H2,1-3H3,(H,25,30). The molecule has 0 spiro atoms. The predicted molar refractivity (Wildman–Crippen MR) is 112 cm³/mol. The average molecular weight is 399 g/mol. The van der Waals surface area contributed by atoms with Crippen molar-refractivity contribution in [3.8, 4) is 16.8 Å². The van der Waals surface area contributed by atoms with E-state index in [-0.39, 0.29) is 5.91 Å². The minimum atomic E-state index is -0.210. The molecule has 2 heterocycles. The number of hydrogen-bond acceptors (Lipinski definition) is 6. The number of carbonyl (C=O) groups is 1. The second-order valence-corrected chi connectivity index (χ2v) is 7.10. The molecule has 150 valence electrons. The van der Waals surface area contributed by atoms with Crippen LogP contribution < -0.4 is 5.32 Å². The Morgan fingerprint density at radius 3 is 2.43 bits per heavy atom. The Morgan fingerprint density at radius 1 is 0.967 bits per heavy atom. The molecule has 0 radical (unpaired) electrons. The number of rotatable bonds is 5. The molecule has 4 rings (SSSR count). The summed E-state index contributed by atoms with van der Waals surface area (Å²) in [4.78, 5) is 21.4. The molecule has 0 atom stereocenters. The summed E-state index contributed by atoms with van der Waals surface area (Å²) < 4.78 is 1.61. The molecule has 0 bridgehead atoms. The smallest absolute Gasteiger partial charge is 0.251 e. The normalized spacial score (nSPS) is 10.8. The van der Waals surface area contributed by atoms with Crippen molar-refractivity contribution in [1.29, 1.82) is 0 Å². The van der Waals surface area contributed by atoms with Gasteiger partial charge in [-0.15, -0.1) is 5.10 Å². The van der Waals surface area contributed by atoms with Crippen LogP contribution in [0.1, 0.15) is 33.1 Å². The number of aryl methyl sites for hydroxylation is 3. The fourth-order valence-electron chi connectivity index (χ4n) is 3.03. The Morgan fingerprint density at radius 2 is 1.77 bits per heavy atom. The molecule has 1 amide bonds. The van der Waals surface area contributed by atoms with E-state index in [1.165, 1.54) is 5.56 Å². The Labute approximate surface area is 174 Å². The fourth-order valence-corrected chi connectivity index (χ4v) is 3.03. The topological polar surface area (TPSA) is 98.5 Å². The zero-order chi connectivity index (χ0) is 21.1. The first kappa shape index (κ1) is 19.4. The molecule has 0 fully saturated rings. The first-order chi connectivity index (χ1) is 14.5. The molecule has 0 aliphatic rings. The first-order valence-electron chi connectivity index (χ1n) is 9.53. The third kappa shape index (κ3) is 4.22. The first-order valence-corrected chi connectivity index (χ1v) is 9.53. The summed E-state index contributed by atoms with van der Waals surface area (Å²) in [5, 5.41) is 14.6. The van der Waals surface area contributed by atoms with E-state index in [0.29, 0.717) is 23.6 Å². The highest BCUT2D eigenvalue weighted by Crippen LogP contribution is 2.25. The van der Waals surface area contributed by atoms with Crippen LogP contribution in [0.4, 0.5) is 0 Å². The molecule has 2 aromatic heterocycles. The van der Waals surface area contributed by atoms with Gasteiger partial charge in [-0.1, -0.05) is 29.8 Å². The zero-order valence-corrected chi connectivity index (χ0v) is 17.0. The zero-order valence-electron chi connectivity index (χ0n) is 17.0. The molecule has 8 nitrogen and oxygen atoms in total. The van der Waals surface area contributed by atoms with Crippen molar-refractivity contribution >= 4 is 5.91 Å². The van der Waals surface area contributed by atoms with Crippen molar-refractivity contribution in [3.63, 3.8) is 0 Å². The molecule has 0 saturated heterocycles. The van der Waals surface area contributed by atoms with E-state index in [4.69, 9.17) is 0 Å². The van der Waals surface area contributed by atoms with Gasteiger partial charge in [0.2, 0.25) is 0 Å². The quantitative estimate of drug-likeness (QED) is 0.554. The number of amides is 1. The van der Waals surface area contributed by atoms with E-state index in [1.54, 1.807) is 23.1 Å². The number of aromatic nitrogens is 6. The molecule has 30 heavy (non-hydrogen) atoms. The van der Waals surface area contributed by atoms with Gasteiger partial charge in [0.25, 0.3) is 5.91 Å². The monoisotopic (exact) mass is 399 g/mol. The lowest BCUT2D eigenvalue weighted by atomic mass is 10.0. The number of carbonyl (C=O) groups excluding carboxylic acids is 1. The van der Waals surface area contributed by atoms with E-state index in [0.717, 1.165) is 22.5 Å². The molecular weight excluding hydrogens is 378 g/mol. The Bertz CT molecular complexity index is 1180. The SMILES string of the molecule is Cc1ccc(-c2cc(C(=O)NCc3cnc(C)cn3)cc(-n3nnnc3C)c2)cc1. The minimum absolute atomic E-state index is 0.210. The molecule has 1 N–H and O–H groups in total. The number of tetrazole rings is 1. The van der Waals surface area contributed by atoms with Crippen molar-refractivity contribution < 1.29 is 4.79 Å². The van der Waals surface area contributed by atoms with Crippen LogP contribution in [0.15, 0.2) is 54.9 Å². The summed E-state index contributed by atoms with van der Waals surface area (Å²) in [6.45, 7) is 6.01. The summed E-state index contributed by atoms with van der Waals surface area (Å²) in [5.41, 5.74) is 5.84. The van der Waals surface area contributed by atoms with Gasteiger partial charge < -0.3 is 5.32 Å². The van der Waals surface area contributed by atoms with Crippen LogP contribution in [0.2, 0.25) is 0 Å². The van der Waals surface area contributed by atoms with Crippen LogP contribution >= 0.6 is 0 Å². The highest BCUT2D eigenvalue weighted by molar-refractivity contribution is 5.96. The van der Waals surface area contributed by atoms with E-state index in [9.17, 15) is 4.79 Å². The van der Waals surface area contributed by atoms with Gasteiger partial charge in [-0.25, -0.2) is 0 Å². The van der Waals surface area contributed by atoms with Crippen LogP contribution in [0.25, 0.3) is 16.8 Å². The summed E-state index contributed by atoms with van der Waals surface area (Å²) >= 11 is 0. The van der Waals surface area contributed by atoms with Crippen molar-refractivity contribution in [2.24, 2.45) is 0 Å². The van der Waals surface area contributed by atoms with Gasteiger partial charge in [-0.2, -0.15) is 4.68 Å². The van der Waals surface area contributed by atoms with Gasteiger partial charge >= 0.3 is 0 Å². The minimum Gasteiger partial charge on any atom is -0.346 e. The second-order valence-electron chi connectivity index (χ2n) is 7.10. The largest absolute Gasteiger partial charge is 0.346 e. The van der Waals surface area contributed by atoms with E-state index >= 15 is 0 Å². The van der Waals surface area contributed by atoms with Gasteiger partial charge in [0.15, 0.2) is 5.82 Å². The Hall–Kier alpha value is -3.94. The predicted octanol–water partition coefficient (Wildman–Crippen LogP) is 2.97. The van der Waals surface area contributed by atoms with E-state index in [1.807, 2.05) is 57.2 Å². The molecule has 2 aromatic carbocycles. The third-order valence-corrected chi connectivity index (χ3v) is 4.70. The lowest BCUT2D eigenvalue weighted by Gasteiger charge is -2.11. The summed E-state index contributed by atoms with van der Waals surface area (Å²) in [7, 11) is 0. The summed E-state index contributed by atoms with van der Waals surface area (Å²) in [6.07, 6.45) is 3.34. The lowest BCUT2D eigenvalue weighted by molar-refractivity contribution is 0.0950. The maximum absolute atomic E-state index is 12.9. The van der Waals surface area contributed by atoms with E-state index < -0.39 is 0 Å². The maximum Gasteiger partial charge on any atom is 0.251 e. The second kappa shape index (κ2) is 8.20. The maximum atomic E-state index is 12.9. The number of benzene rings is 2. The van der Waals surface area contributed by atoms with Crippen molar-refractivity contribution in [1.82, 2.24) is 35.5 Å². The van der Waals surface area contributed by atoms with E-state index in [2.05, 4.69) is 30.8 Å². The summed E-state index contributed by atoms with van der Waals surface area (Å²) in [6, 6.07) is 13.8.